The van der Waals surface area contributed by atoms with Gasteiger partial charge in [0.1, 0.15) is 6.15 Å². The third kappa shape index (κ3) is 13.6. The fourth-order valence-corrected chi connectivity index (χ4v) is 8.78. The topological polar surface area (TPSA) is 20.9 Å². The molecule has 0 aliphatic rings. The number of pyridine rings is 1. The molecule has 0 N–H and O–H groups in total. The Labute approximate surface area is 429 Å². The van der Waals surface area contributed by atoms with Crippen LogP contribution in [0.25, 0.3) is 10.9 Å². The van der Waals surface area contributed by atoms with Crippen molar-refractivity contribution in [1.82, 2.24) is 0 Å². The highest BCUT2D eigenvalue weighted by Gasteiger charge is 2.47. The van der Waals surface area contributed by atoms with E-state index in [1.807, 2.05) is 56.3 Å². The molecule has 7 aromatic rings. The largest absolute Gasteiger partial charge is 0.416 e. The summed E-state index contributed by atoms with van der Waals surface area (Å²) >= 11 is 0. The van der Waals surface area contributed by atoms with Gasteiger partial charge in [0.15, 0.2) is 6.54 Å². The lowest BCUT2D eigenvalue weighted by atomic mass is 9.12. The molecule has 422 valence electrons. The van der Waals surface area contributed by atoms with Crippen LogP contribution in [0.5, 0.6) is 0 Å². The van der Waals surface area contributed by atoms with E-state index in [4.69, 9.17) is 0 Å². The van der Waals surface area contributed by atoms with Crippen LogP contribution in [0.4, 0.5) is 105 Å². The number of Topliss-reactive ketones (excluding diaryl/α,β-unsaturated/α-hetero) is 1. The van der Waals surface area contributed by atoms with Gasteiger partial charge in [0.05, 0.1) is 44.5 Å². The number of hydrogen-bond acceptors (Lipinski definition) is 1. The maximum Gasteiger partial charge on any atom is 0.416 e. The van der Waals surface area contributed by atoms with Crippen molar-refractivity contribution in [3.63, 3.8) is 0 Å². The van der Waals surface area contributed by atoms with Gasteiger partial charge in [-0.2, -0.15) is 132 Å². The average molecular weight is 1150 g/mol. The van der Waals surface area contributed by atoms with E-state index in [1.165, 1.54) is 5.56 Å². The molecule has 0 fully saturated rings. The first-order valence-electron chi connectivity index (χ1n) is 22.3. The van der Waals surface area contributed by atoms with E-state index in [2.05, 4.69) is 28.8 Å². The lowest BCUT2D eigenvalue weighted by molar-refractivity contribution is -0.664. The molecule has 0 spiro atoms. The second kappa shape index (κ2) is 21.1. The standard InChI is InChI=1S/C32H12BF24.C20H20NO/c34-25(35,36)13-1-14(26(37,38)39)6-21(5-13)33(22-7-15(27(40,41)42)2-16(8-22)28(43,44)45,23-9-17(29(46,47)48)3-18(10-23)30(49,50)51)24-11-19(31(52,53)54)4-20(12-24)32(55,56)57;1-15(2)20(22)19-13-12-17-10-6-7-11-18(17)21(19)14-16-8-4-3-5-9-16/h1-12H;3-13,15H,14H2,1-2H3/q-1;+1. The van der Waals surface area contributed by atoms with E-state index in [1.54, 1.807) is 0 Å². The summed E-state index contributed by atoms with van der Waals surface area (Å²) < 4.78 is 343. The minimum atomic E-state index is -6.13. The Bertz CT molecular complexity index is 2920. The highest BCUT2D eigenvalue weighted by Crippen LogP contribution is 2.41. The van der Waals surface area contributed by atoms with Crippen molar-refractivity contribution in [3.05, 3.63) is 195 Å². The highest BCUT2D eigenvalue weighted by molar-refractivity contribution is 7.20. The van der Waals surface area contributed by atoms with Gasteiger partial charge in [-0.25, -0.2) is 0 Å². The van der Waals surface area contributed by atoms with Crippen molar-refractivity contribution in [2.24, 2.45) is 5.92 Å². The van der Waals surface area contributed by atoms with Crippen LogP contribution in [0.3, 0.4) is 0 Å². The van der Waals surface area contributed by atoms with Crippen LogP contribution in [-0.2, 0) is 56.0 Å². The van der Waals surface area contributed by atoms with Crippen LogP contribution < -0.4 is 26.4 Å². The number of nitrogens with zero attached hydrogens (tertiary/aromatic N) is 1. The van der Waals surface area contributed by atoms with Gasteiger partial charge in [0.2, 0.25) is 17.0 Å². The first-order chi connectivity index (χ1) is 35.9. The third-order valence-corrected chi connectivity index (χ3v) is 12.3. The molecule has 1 heterocycles. The summed E-state index contributed by atoms with van der Waals surface area (Å²) in [6.45, 7) is 4.60. The maximum atomic E-state index is 14.2. The molecule has 0 radical (unpaired) electrons. The quantitative estimate of drug-likeness (QED) is 0.0643. The number of hydrogen-bond donors (Lipinski definition) is 0. The van der Waals surface area contributed by atoms with Gasteiger partial charge in [-0.3, -0.25) is 4.79 Å². The normalized spacial score (nSPS) is 13.4. The van der Waals surface area contributed by atoms with Crippen molar-refractivity contribution < 1.29 is 115 Å². The average Bonchev–Trinajstić information content (AvgIpc) is 3.35. The number of alkyl halides is 24. The molecule has 0 atom stereocenters. The van der Waals surface area contributed by atoms with Crippen LogP contribution in [-0.4, -0.2) is 11.9 Å². The van der Waals surface area contributed by atoms with E-state index in [9.17, 15) is 110 Å². The monoisotopic (exact) mass is 1150 g/mol. The summed E-state index contributed by atoms with van der Waals surface area (Å²) in [5.41, 5.74) is -27.1. The van der Waals surface area contributed by atoms with E-state index in [0.717, 1.165) is 16.6 Å². The molecule has 0 saturated heterocycles. The number of fused-ring (bicyclic) bond motifs is 1. The second-order valence-corrected chi connectivity index (χ2v) is 18.1. The van der Waals surface area contributed by atoms with E-state index >= 15 is 0 Å². The fraction of sp³-hybridized carbons (Fsp3) is 0.231. The number of rotatable bonds is 8. The van der Waals surface area contributed by atoms with Crippen molar-refractivity contribution in [1.29, 1.82) is 0 Å². The van der Waals surface area contributed by atoms with Gasteiger partial charge in [0.25, 0.3) is 0 Å². The van der Waals surface area contributed by atoms with Gasteiger partial charge in [-0.15, -0.1) is 0 Å². The highest BCUT2D eigenvalue weighted by atomic mass is 19.4. The Morgan fingerprint density at radius 2 is 0.633 bits per heavy atom. The smallest absolute Gasteiger partial charge is 0.287 e. The Hall–Kier alpha value is -7.22. The van der Waals surface area contributed by atoms with E-state index in [0.29, 0.717) is 6.54 Å². The molecule has 1 aromatic heterocycles. The SMILES string of the molecule is CC(C)C(=O)c1ccc2ccccc2[n+]1Cc1ccccc1.FC(F)(F)c1cc([B-](c2cc(C(F)(F)F)cc(C(F)(F)F)c2)(c2cc(C(F)(F)F)cc(C(F)(F)F)c2)c2cc(C(F)(F)F)cc(C(F)(F)F)c2)cc(C(F)(F)F)c1. The predicted molar refractivity (Wildman–Crippen MR) is 239 cm³/mol. The van der Waals surface area contributed by atoms with Gasteiger partial charge >= 0.3 is 49.4 Å². The van der Waals surface area contributed by atoms with Crippen LogP contribution in [0.1, 0.15) is 74.4 Å². The maximum absolute atomic E-state index is 14.2. The first kappa shape index (κ1) is 61.0. The number of para-hydroxylation sites is 1. The van der Waals surface area contributed by atoms with Gasteiger partial charge < -0.3 is 0 Å². The van der Waals surface area contributed by atoms with E-state index in [-0.39, 0.29) is 11.7 Å². The van der Waals surface area contributed by atoms with Crippen LogP contribution in [0.2, 0.25) is 0 Å². The summed E-state index contributed by atoms with van der Waals surface area (Å²) in [7, 11) is 0. The molecule has 0 unspecified atom stereocenters. The molecular formula is C52H32BF24NO. The van der Waals surface area contributed by atoms with Crippen LogP contribution >= 0.6 is 0 Å². The summed E-state index contributed by atoms with van der Waals surface area (Å²) in [4.78, 5) is 12.6. The lowest BCUT2D eigenvalue weighted by Gasteiger charge is -2.46. The third-order valence-electron chi connectivity index (χ3n) is 12.3. The Kier molecular flexibility index (Phi) is 16.3. The van der Waals surface area contributed by atoms with E-state index < -0.39 is 195 Å². The van der Waals surface area contributed by atoms with Crippen LogP contribution in [0, 0.1) is 5.92 Å². The molecule has 27 heteroatoms. The first-order valence-corrected chi connectivity index (χ1v) is 22.3. The summed E-state index contributed by atoms with van der Waals surface area (Å²) in [6, 6.07) is 13.7. The number of halogens is 24. The van der Waals surface area contributed by atoms with Gasteiger partial charge in [-0.1, -0.05) is 105 Å². The number of aromatic nitrogens is 1. The second-order valence-electron chi connectivity index (χ2n) is 18.1. The Balaban J connectivity index is 0.000000378. The van der Waals surface area contributed by atoms with Crippen molar-refractivity contribution >= 4 is 44.7 Å². The summed E-state index contributed by atoms with van der Waals surface area (Å²) in [5, 5.41) is 1.15. The summed E-state index contributed by atoms with van der Waals surface area (Å²) in [6.07, 6.45) is -54.8. The van der Waals surface area contributed by atoms with Crippen molar-refractivity contribution in [2.45, 2.75) is 69.8 Å². The Morgan fingerprint density at radius 1 is 0.367 bits per heavy atom. The molecule has 79 heavy (non-hydrogen) atoms. The minimum Gasteiger partial charge on any atom is -0.287 e. The molecule has 0 saturated carbocycles. The molecule has 0 aliphatic carbocycles. The number of carbonyl (C=O) groups excluding carboxylic acids is 1. The number of carbonyl (C=O) groups is 1. The molecule has 2 nitrogen and oxygen atoms in total. The lowest BCUT2D eigenvalue weighted by Crippen LogP contribution is -2.75. The summed E-state index contributed by atoms with van der Waals surface area (Å²) in [5.74, 6) is 0.171. The zero-order chi connectivity index (χ0) is 59.4. The van der Waals surface area contributed by atoms with Crippen molar-refractivity contribution in [3.8, 4) is 0 Å². The fourth-order valence-electron chi connectivity index (χ4n) is 8.78. The number of benzene rings is 6. The molecular weight excluding hydrogens is 1120 g/mol. The van der Waals surface area contributed by atoms with Gasteiger partial charge in [0, 0.05) is 29.0 Å². The van der Waals surface area contributed by atoms with Crippen LogP contribution in [0.15, 0.2) is 140 Å². The zero-order valence-electron chi connectivity index (χ0n) is 39.6. The number of ketones is 1. The van der Waals surface area contributed by atoms with Gasteiger partial charge in [-0.05, 0) is 36.4 Å². The Morgan fingerprint density at radius 3 is 0.899 bits per heavy atom. The molecule has 0 bridgehead atoms. The molecule has 0 aliphatic heterocycles. The molecule has 6 aromatic carbocycles. The van der Waals surface area contributed by atoms with Crippen molar-refractivity contribution in [2.75, 3.05) is 0 Å². The minimum absolute atomic E-state index is 0.0109. The predicted octanol–water partition coefficient (Wildman–Crippen LogP) is 15.2. The molecule has 0 amide bonds. The molecule has 7 rings (SSSR count). The zero-order valence-corrected chi connectivity index (χ0v) is 39.6.